The van der Waals surface area contributed by atoms with Gasteiger partial charge in [0.05, 0.1) is 20.9 Å². The van der Waals surface area contributed by atoms with Gasteiger partial charge in [-0.3, -0.25) is 4.79 Å². The van der Waals surface area contributed by atoms with Crippen molar-refractivity contribution in [2.24, 2.45) is 5.41 Å². The highest BCUT2D eigenvalue weighted by Crippen LogP contribution is 2.40. The Balaban J connectivity index is 2.47. The summed E-state index contributed by atoms with van der Waals surface area (Å²) in [6, 6.07) is 11.1. The van der Waals surface area contributed by atoms with Crippen molar-refractivity contribution in [2.45, 2.75) is 51.2 Å². The molecule has 6 nitrogen and oxygen atoms in total. The molecule has 0 bridgehead atoms. The van der Waals surface area contributed by atoms with Crippen molar-refractivity contribution in [2.75, 3.05) is 5.32 Å². The minimum Gasteiger partial charge on any atom is -0.478 e. The summed E-state index contributed by atoms with van der Waals surface area (Å²) < 4.78 is 25.3. The summed E-state index contributed by atoms with van der Waals surface area (Å²) in [4.78, 5) is 23.0. The number of hydrogen-bond acceptors (Lipinski definition) is 4. The van der Waals surface area contributed by atoms with E-state index >= 15 is 0 Å². The van der Waals surface area contributed by atoms with E-state index in [-0.39, 0.29) is 22.1 Å². The number of nitrogens with one attached hydrogen (secondary N) is 1. The minimum absolute atomic E-state index is 0.0386. The topological polar surface area (TPSA) is 101 Å². The van der Waals surface area contributed by atoms with Gasteiger partial charge in [-0.15, -0.1) is 0 Å². The van der Waals surface area contributed by atoms with Crippen LogP contribution in [0.15, 0.2) is 47.4 Å². The van der Waals surface area contributed by atoms with Gasteiger partial charge >= 0.3 is 5.97 Å². The van der Waals surface area contributed by atoms with Crippen molar-refractivity contribution in [3.8, 4) is 11.1 Å². The third-order valence-electron chi connectivity index (χ3n) is 5.54. The second-order valence-corrected chi connectivity index (χ2v) is 11.0. The van der Waals surface area contributed by atoms with Crippen molar-refractivity contribution < 1.29 is 23.1 Å². The standard InChI is InChI=1S/C22H27NO5S/c1-14(24)23-19-12-9-16(13-18(19)20(25)26)15-7-10-17(11-8-15)29(27,28)22(5,6)21(2,3)4/h7-13H,1-6H3,(H,23,24)(H,25,26). The Hall–Kier alpha value is -2.67. The Labute approximate surface area is 171 Å². The van der Waals surface area contributed by atoms with Crippen LogP contribution in [0.3, 0.4) is 0 Å². The van der Waals surface area contributed by atoms with Crippen LogP contribution < -0.4 is 5.32 Å². The first-order valence-electron chi connectivity index (χ1n) is 9.18. The normalized spacial score (nSPS) is 12.5. The van der Waals surface area contributed by atoms with E-state index in [9.17, 15) is 23.1 Å². The zero-order chi connectivity index (χ0) is 22.2. The second-order valence-electron chi connectivity index (χ2n) is 8.53. The van der Waals surface area contributed by atoms with Crippen molar-refractivity contribution in [3.05, 3.63) is 48.0 Å². The van der Waals surface area contributed by atoms with Crippen LogP contribution in [-0.4, -0.2) is 30.1 Å². The van der Waals surface area contributed by atoms with Gasteiger partial charge in [-0.25, -0.2) is 13.2 Å². The molecule has 7 heteroatoms. The first kappa shape index (κ1) is 22.6. The average Bonchev–Trinajstić information content (AvgIpc) is 2.60. The number of aromatic carboxylic acids is 1. The van der Waals surface area contributed by atoms with Gasteiger partial charge in [-0.2, -0.15) is 0 Å². The molecule has 156 valence electrons. The maximum absolute atomic E-state index is 13.1. The number of amides is 1. The molecule has 2 aromatic rings. The molecule has 0 radical (unpaired) electrons. The van der Waals surface area contributed by atoms with E-state index in [0.717, 1.165) is 0 Å². The van der Waals surface area contributed by atoms with Crippen LogP contribution in [0.5, 0.6) is 0 Å². The number of carboxylic acids is 1. The van der Waals surface area contributed by atoms with Crippen molar-refractivity contribution in [1.29, 1.82) is 0 Å². The Bertz CT molecular complexity index is 1050. The van der Waals surface area contributed by atoms with Crippen LogP contribution in [0, 0.1) is 5.41 Å². The van der Waals surface area contributed by atoms with Crippen molar-refractivity contribution in [1.82, 2.24) is 0 Å². The molecule has 0 aliphatic rings. The predicted octanol–water partition coefficient (Wildman–Crippen LogP) is 4.61. The van der Waals surface area contributed by atoms with Crippen LogP contribution in [0.4, 0.5) is 5.69 Å². The van der Waals surface area contributed by atoms with Crippen LogP contribution in [0.25, 0.3) is 11.1 Å². The smallest absolute Gasteiger partial charge is 0.337 e. The van der Waals surface area contributed by atoms with Gasteiger partial charge in [-0.1, -0.05) is 39.0 Å². The van der Waals surface area contributed by atoms with Crippen LogP contribution in [0.2, 0.25) is 0 Å². The summed E-state index contributed by atoms with van der Waals surface area (Å²) in [6.45, 7) is 10.4. The molecule has 0 saturated heterocycles. The molecule has 0 aliphatic carbocycles. The van der Waals surface area contributed by atoms with E-state index in [2.05, 4.69) is 5.32 Å². The van der Waals surface area contributed by atoms with Crippen molar-refractivity contribution in [3.63, 3.8) is 0 Å². The predicted molar refractivity (Wildman–Crippen MR) is 114 cm³/mol. The Morgan fingerprint density at radius 2 is 1.41 bits per heavy atom. The molecular weight excluding hydrogens is 390 g/mol. The van der Waals surface area contributed by atoms with E-state index in [1.807, 2.05) is 20.8 Å². The van der Waals surface area contributed by atoms with Gasteiger partial charge in [-0.05, 0) is 54.7 Å². The van der Waals surface area contributed by atoms with Gasteiger partial charge in [0.15, 0.2) is 9.84 Å². The van der Waals surface area contributed by atoms with Gasteiger partial charge in [0.1, 0.15) is 0 Å². The molecule has 0 heterocycles. The number of benzene rings is 2. The lowest BCUT2D eigenvalue weighted by atomic mass is 9.83. The van der Waals surface area contributed by atoms with Gasteiger partial charge in [0.25, 0.3) is 0 Å². The number of carbonyl (C=O) groups is 2. The highest BCUT2D eigenvalue weighted by Gasteiger charge is 2.45. The number of hydrogen-bond donors (Lipinski definition) is 2. The van der Waals surface area contributed by atoms with Crippen LogP contribution in [-0.2, 0) is 14.6 Å². The van der Waals surface area contributed by atoms with Crippen LogP contribution in [0.1, 0.15) is 51.9 Å². The lowest BCUT2D eigenvalue weighted by Crippen LogP contribution is -2.44. The molecule has 0 spiro atoms. The molecule has 2 N–H and O–H groups in total. The molecule has 0 saturated carbocycles. The highest BCUT2D eigenvalue weighted by molar-refractivity contribution is 7.92. The summed E-state index contributed by atoms with van der Waals surface area (Å²) in [7, 11) is -3.58. The summed E-state index contributed by atoms with van der Waals surface area (Å²) in [5, 5.41) is 11.9. The SMILES string of the molecule is CC(=O)Nc1ccc(-c2ccc(S(=O)(=O)C(C)(C)C(C)(C)C)cc2)cc1C(=O)O. The maximum atomic E-state index is 13.1. The first-order valence-corrected chi connectivity index (χ1v) is 10.7. The van der Waals surface area contributed by atoms with E-state index in [4.69, 9.17) is 0 Å². The molecule has 0 unspecified atom stereocenters. The molecule has 0 aliphatic heterocycles. The number of rotatable bonds is 5. The van der Waals surface area contributed by atoms with Crippen LogP contribution >= 0.6 is 0 Å². The monoisotopic (exact) mass is 417 g/mol. The summed E-state index contributed by atoms with van der Waals surface area (Å²) in [5.41, 5.74) is 0.994. The Morgan fingerprint density at radius 1 is 0.897 bits per heavy atom. The van der Waals surface area contributed by atoms with Gasteiger partial charge in [0.2, 0.25) is 5.91 Å². The Kier molecular flexibility index (Phi) is 5.95. The fourth-order valence-corrected chi connectivity index (χ4v) is 4.61. The Morgan fingerprint density at radius 3 is 1.86 bits per heavy atom. The number of carboxylic acid groups (broad SMARTS) is 1. The second kappa shape index (κ2) is 7.63. The molecule has 2 rings (SSSR count). The van der Waals surface area contributed by atoms with Crippen molar-refractivity contribution >= 4 is 27.4 Å². The van der Waals surface area contributed by atoms with E-state index < -0.39 is 26.0 Å². The molecule has 0 aromatic heterocycles. The zero-order valence-corrected chi connectivity index (χ0v) is 18.3. The fraction of sp³-hybridized carbons (Fsp3) is 0.364. The molecule has 29 heavy (non-hydrogen) atoms. The zero-order valence-electron chi connectivity index (χ0n) is 17.5. The van der Waals surface area contributed by atoms with Gasteiger partial charge < -0.3 is 10.4 Å². The number of anilines is 1. The van der Waals surface area contributed by atoms with E-state index in [1.165, 1.54) is 19.1 Å². The summed E-state index contributed by atoms with van der Waals surface area (Å²) in [6.07, 6.45) is 0. The molecule has 0 atom stereocenters. The number of sulfone groups is 1. The average molecular weight is 418 g/mol. The summed E-state index contributed by atoms with van der Waals surface area (Å²) >= 11 is 0. The highest BCUT2D eigenvalue weighted by atomic mass is 32.2. The lowest BCUT2D eigenvalue weighted by Gasteiger charge is -2.38. The maximum Gasteiger partial charge on any atom is 0.337 e. The third-order valence-corrected chi connectivity index (χ3v) is 8.39. The number of carbonyl (C=O) groups excluding carboxylic acids is 1. The largest absolute Gasteiger partial charge is 0.478 e. The van der Waals surface area contributed by atoms with E-state index in [1.54, 1.807) is 44.2 Å². The minimum atomic E-state index is -3.58. The lowest BCUT2D eigenvalue weighted by molar-refractivity contribution is -0.114. The molecule has 1 amide bonds. The molecular formula is C22H27NO5S. The summed E-state index contributed by atoms with van der Waals surface area (Å²) in [5.74, 6) is -1.53. The van der Waals surface area contributed by atoms with Gasteiger partial charge in [0, 0.05) is 6.92 Å². The third kappa shape index (κ3) is 4.34. The molecule has 2 aromatic carbocycles. The first-order chi connectivity index (χ1) is 13.2. The molecule has 0 fully saturated rings. The quantitative estimate of drug-likeness (QED) is 0.740. The van der Waals surface area contributed by atoms with E-state index in [0.29, 0.717) is 11.1 Å². The fourth-order valence-electron chi connectivity index (χ4n) is 2.72.